The van der Waals surface area contributed by atoms with Gasteiger partial charge in [-0.15, -0.1) is 0 Å². The first kappa shape index (κ1) is 19.8. The van der Waals surface area contributed by atoms with E-state index >= 15 is 0 Å². The molecule has 0 heterocycles. The maximum absolute atomic E-state index is 12.0. The van der Waals surface area contributed by atoms with Gasteiger partial charge in [-0.25, -0.2) is 4.79 Å². The summed E-state index contributed by atoms with van der Waals surface area (Å²) in [5, 5.41) is 12.5. The Morgan fingerprint density at radius 2 is 2.17 bits per heavy atom. The van der Waals surface area contributed by atoms with Crippen LogP contribution >= 0.6 is 15.9 Å². The minimum absolute atomic E-state index is 0.294. The predicted octanol–water partition coefficient (Wildman–Crippen LogP) is 3.28. The third kappa shape index (κ3) is 4.41. The second kappa shape index (κ2) is 8.59. The molecule has 1 aliphatic carbocycles. The number of hydrogen-bond acceptors (Lipinski definition) is 5. The second-order valence-electron chi connectivity index (χ2n) is 5.94. The highest BCUT2D eigenvalue weighted by atomic mass is 79.9. The van der Waals surface area contributed by atoms with E-state index in [-0.39, 0.29) is 10.8 Å². The third-order valence-corrected chi connectivity index (χ3v) is 4.66. The fourth-order valence-corrected chi connectivity index (χ4v) is 2.97. The molecule has 1 aliphatic rings. The summed E-state index contributed by atoms with van der Waals surface area (Å²) in [4.78, 5) is 23.4. The SMILES string of the molecule is COC(=O)C(CCCBr)OC1C=C(C)C=CC1(C(C)C)[N+](=O)[O-]. The smallest absolute Gasteiger partial charge is 0.335 e. The van der Waals surface area contributed by atoms with E-state index in [9.17, 15) is 14.9 Å². The van der Waals surface area contributed by atoms with Crippen LogP contribution in [0.2, 0.25) is 0 Å². The highest BCUT2D eigenvalue weighted by Crippen LogP contribution is 2.35. The molecule has 0 fully saturated rings. The van der Waals surface area contributed by atoms with Crippen LogP contribution in [0, 0.1) is 16.0 Å². The Balaban J connectivity index is 3.14. The van der Waals surface area contributed by atoms with Gasteiger partial charge in [0.25, 0.3) is 5.54 Å². The normalized spacial score (nSPS) is 25.1. The first-order chi connectivity index (χ1) is 10.8. The van der Waals surface area contributed by atoms with Gasteiger partial charge in [-0.05, 0) is 31.9 Å². The molecular weight excluding hydrogens is 366 g/mol. The van der Waals surface area contributed by atoms with Crippen LogP contribution in [0.3, 0.4) is 0 Å². The molecule has 1 rings (SSSR count). The van der Waals surface area contributed by atoms with Gasteiger partial charge in [0.15, 0.2) is 12.2 Å². The Bertz CT molecular complexity index is 503. The molecule has 0 bridgehead atoms. The van der Waals surface area contributed by atoms with Crippen LogP contribution < -0.4 is 0 Å². The number of alkyl halides is 1. The van der Waals surface area contributed by atoms with Crippen LogP contribution in [0.5, 0.6) is 0 Å². The second-order valence-corrected chi connectivity index (χ2v) is 6.74. The van der Waals surface area contributed by atoms with E-state index in [4.69, 9.17) is 9.47 Å². The molecule has 0 spiro atoms. The summed E-state index contributed by atoms with van der Waals surface area (Å²) in [7, 11) is 1.29. The van der Waals surface area contributed by atoms with Crippen molar-refractivity contribution in [2.24, 2.45) is 5.92 Å². The molecule has 0 amide bonds. The Kier molecular flexibility index (Phi) is 7.41. The lowest BCUT2D eigenvalue weighted by atomic mass is 9.77. The van der Waals surface area contributed by atoms with Gasteiger partial charge in [0.05, 0.1) is 7.11 Å². The van der Waals surface area contributed by atoms with Gasteiger partial charge in [0, 0.05) is 16.2 Å². The Hall–Kier alpha value is -1.21. The summed E-state index contributed by atoms with van der Waals surface area (Å²) in [6.45, 7) is 5.41. The number of hydrogen-bond donors (Lipinski definition) is 0. The quantitative estimate of drug-likeness (QED) is 0.275. The molecule has 6 nitrogen and oxygen atoms in total. The molecular formula is C16H24BrNO5. The summed E-state index contributed by atoms with van der Waals surface area (Å²) >= 11 is 3.31. The van der Waals surface area contributed by atoms with E-state index in [0.29, 0.717) is 18.2 Å². The Labute approximate surface area is 145 Å². The molecule has 23 heavy (non-hydrogen) atoms. The topological polar surface area (TPSA) is 78.7 Å². The van der Waals surface area contributed by atoms with Gasteiger partial charge in [0.1, 0.15) is 0 Å². The molecule has 0 saturated carbocycles. The van der Waals surface area contributed by atoms with Crippen molar-refractivity contribution in [2.45, 2.75) is 51.4 Å². The first-order valence-corrected chi connectivity index (χ1v) is 8.73. The van der Waals surface area contributed by atoms with Gasteiger partial charge < -0.3 is 9.47 Å². The van der Waals surface area contributed by atoms with Crippen molar-refractivity contribution >= 4 is 21.9 Å². The van der Waals surface area contributed by atoms with E-state index in [2.05, 4.69) is 15.9 Å². The minimum atomic E-state index is -1.39. The molecule has 3 unspecified atom stereocenters. The van der Waals surface area contributed by atoms with Gasteiger partial charge in [-0.1, -0.05) is 41.4 Å². The molecule has 0 aromatic heterocycles. The number of methoxy groups -OCH3 is 1. The average molecular weight is 390 g/mol. The Morgan fingerprint density at radius 1 is 1.52 bits per heavy atom. The predicted molar refractivity (Wildman–Crippen MR) is 91.2 cm³/mol. The number of nitro groups is 1. The number of rotatable bonds is 8. The number of nitrogens with zero attached hydrogens (tertiary/aromatic N) is 1. The van der Waals surface area contributed by atoms with E-state index in [1.165, 1.54) is 7.11 Å². The fourth-order valence-electron chi connectivity index (χ4n) is 2.64. The van der Waals surface area contributed by atoms with Crippen LogP contribution in [0.15, 0.2) is 23.8 Å². The van der Waals surface area contributed by atoms with Gasteiger partial charge in [-0.2, -0.15) is 0 Å². The lowest BCUT2D eigenvalue weighted by Gasteiger charge is -2.35. The molecule has 0 aliphatic heterocycles. The molecule has 130 valence electrons. The zero-order valence-electron chi connectivity index (χ0n) is 14.0. The van der Waals surface area contributed by atoms with E-state index in [1.807, 2.05) is 6.92 Å². The molecule has 0 radical (unpaired) electrons. The van der Waals surface area contributed by atoms with Crippen molar-refractivity contribution in [3.05, 3.63) is 33.9 Å². The number of allylic oxidation sites excluding steroid dienone is 2. The van der Waals surface area contributed by atoms with E-state index in [0.717, 1.165) is 5.57 Å². The van der Waals surface area contributed by atoms with Crippen LogP contribution in [-0.2, 0) is 14.3 Å². The number of carbonyl (C=O) groups excluding carboxylic acids is 1. The van der Waals surface area contributed by atoms with Crippen molar-refractivity contribution in [2.75, 3.05) is 12.4 Å². The largest absolute Gasteiger partial charge is 0.467 e. The van der Waals surface area contributed by atoms with Crippen molar-refractivity contribution in [3.8, 4) is 0 Å². The summed E-state index contributed by atoms with van der Waals surface area (Å²) in [6.07, 6.45) is 4.53. The number of carbonyl (C=O) groups is 1. The minimum Gasteiger partial charge on any atom is -0.467 e. The lowest BCUT2D eigenvalue weighted by Crippen LogP contribution is -2.55. The Morgan fingerprint density at radius 3 is 2.65 bits per heavy atom. The lowest BCUT2D eigenvalue weighted by molar-refractivity contribution is -0.576. The van der Waals surface area contributed by atoms with Crippen LogP contribution in [0.4, 0.5) is 0 Å². The number of halogens is 1. The maximum Gasteiger partial charge on any atom is 0.335 e. The standard InChI is InChI=1S/C16H24BrNO5/c1-11(2)16(18(20)21)8-7-12(3)10-14(16)23-13(6-5-9-17)15(19)22-4/h7-8,10-11,13-14H,5-6,9H2,1-4H3. The molecule has 0 aromatic carbocycles. The summed E-state index contributed by atoms with van der Waals surface area (Å²) < 4.78 is 10.7. The fraction of sp³-hybridized carbons (Fsp3) is 0.688. The summed E-state index contributed by atoms with van der Waals surface area (Å²) in [5.74, 6) is -0.801. The molecule has 0 aromatic rings. The highest BCUT2D eigenvalue weighted by molar-refractivity contribution is 9.09. The van der Waals surface area contributed by atoms with Gasteiger partial charge in [0.2, 0.25) is 0 Å². The van der Waals surface area contributed by atoms with Crippen molar-refractivity contribution in [1.82, 2.24) is 0 Å². The van der Waals surface area contributed by atoms with E-state index < -0.39 is 23.7 Å². The maximum atomic E-state index is 12.0. The number of ether oxygens (including phenoxy) is 2. The number of esters is 1. The molecule has 3 atom stereocenters. The van der Waals surface area contributed by atoms with Gasteiger partial charge in [-0.3, -0.25) is 10.1 Å². The van der Waals surface area contributed by atoms with Crippen LogP contribution in [0.25, 0.3) is 0 Å². The zero-order valence-corrected chi connectivity index (χ0v) is 15.5. The highest BCUT2D eigenvalue weighted by Gasteiger charge is 2.53. The summed E-state index contributed by atoms with van der Waals surface area (Å²) in [6, 6.07) is 0. The van der Waals surface area contributed by atoms with Crippen molar-refractivity contribution in [1.29, 1.82) is 0 Å². The molecule has 0 N–H and O–H groups in total. The monoisotopic (exact) mass is 389 g/mol. The average Bonchev–Trinajstić information content (AvgIpc) is 2.50. The van der Waals surface area contributed by atoms with Crippen molar-refractivity contribution in [3.63, 3.8) is 0 Å². The molecule has 7 heteroatoms. The summed E-state index contributed by atoms with van der Waals surface area (Å²) in [5.41, 5.74) is -0.516. The van der Waals surface area contributed by atoms with E-state index in [1.54, 1.807) is 32.1 Å². The zero-order chi connectivity index (χ0) is 17.6. The van der Waals surface area contributed by atoms with Crippen molar-refractivity contribution < 1.29 is 19.2 Å². The molecule has 0 saturated heterocycles. The van der Waals surface area contributed by atoms with Crippen LogP contribution in [0.1, 0.15) is 33.6 Å². The van der Waals surface area contributed by atoms with Gasteiger partial charge >= 0.3 is 5.97 Å². The van der Waals surface area contributed by atoms with Crippen LogP contribution in [-0.4, -0.2) is 41.1 Å². The third-order valence-electron chi connectivity index (χ3n) is 4.10. The first-order valence-electron chi connectivity index (χ1n) is 7.61.